The lowest BCUT2D eigenvalue weighted by atomic mass is 9.75. The van der Waals surface area contributed by atoms with E-state index in [0.717, 1.165) is 11.0 Å². The summed E-state index contributed by atoms with van der Waals surface area (Å²) in [5, 5.41) is 18.7. The summed E-state index contributed by atoms with van der Waals surface area (Å²) in [6, 6.07) is 7.66. The fraction of sp³-hybridized carbons (Fsp3) is 0.409. The molecular weight excluding hydrogens is 397 g/mol. The van der Waals surface area contributed by atoms with Gasteiger partial charge in [-0.05, 0) is 51.7 Å². The fourth-order valence-electron chi connectivity index (χ4n) is 3.64. The Bertz CT molecular complexity index is 1250. The van der Waals surface area contributed by atoms with Gasteiger partial charge in [0, 0.05) is 18.3 Å². The molecule has 1 aliphatic rings. The van der Waals surface area contributed by atoms with E-state index in [0.29, 0.717) is 5.56 Å². The number of nitriles is 1. The molecule has 0 saturated carbocycles. The lowest BCUT2D eigenvalue weighted by molar-refractivity contribution is 0.00578. The smallest absolute Gasteiger partial charge is 0.434 e. The van der Waals surface area contributed by atoms with Gasteiger partial charge in [0.05, 0.1) is 17.8 Å². The first-order chi connectivity index (χ1) is 14.6. The molecule has 1 fully saturated rings. The van der Waals surface area contributed by atoms with Crippen LogP contribution in [0.4, 0.5) is 0 Å². The third-order valence-corrected chi connectivity index (χ3v) is 6.19. The highest BCUT2D eigenvalue weighted by molar-refractivity contribution is 6.62. The Morgan fingerprint density at radius 2 is 1.90 bits per heavy atom. The Morgan fingerprint density at radius 3 is 2.52 bits per heavy atom. The number of nitrogens with zero attached hydrogens (tertiary/aromatic N) is 3. The second-order valence-electron chi connectivity index (χ2n) is 8.68. The van der Waals surface area contributed by atoms with Gasteiger partial charge in [-0.2, -0.15) is 5.26 Å². The first-order valence-electron chi connectivity index (χ1n) is 10.1. The Kier molecular flexibility index (Phi) is 5.05. The normalized spacial score (nSPS) is 17.3. The topological polar surface area (TPSA) is 111 Å². The van der Waals surface area contributed by atoms with Gasteiger partial charge in [0.2, 0.25) is 5.89 Å². The second-order valence-corrected chi connectivity index (χ2v) is 8.68. The van der Waals surface area contributed by atoms with Gasteiger partial charge in [-0.25, -0.2) is 4.98 Å². The van der Waals surface area contributed by atoms with Gasteiger partial charge in [-0.1, -0.05) is 12.1 Å². The molecule has 8 nitrogen and oxygen atoms in total. The van der Waals surface area contributed by atoms with Crippen LogP contribution in [0.2, 0.25) is 0 Å². The molecule has 1 aliphatic heterocycles. The molecule has 0 radical (unpaired) electrons. The zero-order valence-corrected chi connectivity index (χ0v) is 18.2. The first kappa shape index (κ1) is 21.3. The van der Waals surface area contributed by atoms with Gasteiger partial charge in [-0.15, -0.1) is 0 Å². The minimum Gasteiger partial charge on any atom is -0.434 e. The van der Waals surface area contributed by atoms with E-state index in [-0.39, 0.29) is 35.7 Å². The third kappa shape index (κ3) is 3.37. The second kappa shape index (κ2) is 7.34. The number of oxazole rings is 1. The lowest BCUT2D eigenvalue weighted by Crippen LogP contribution is -2.41. The predicted molar refractivity (Wildman–Crippen MR) is 116 cm³/mol. The predicted octanol–water partition coefficient (Wildman–Crippen LogP) is 2.13. The SMILES string of the molecule is Cc1c(B2OC(C)(C)C(C)(C)O2)cccc1-c1nc2c(=O)n(CCO)cc(C#N)c2o1. The molecule has 9 heteroatoms. The summed E-state index contributed by atoms with van der Waals surface area (Å²) in [5.41, 5.74) is 1.38. The van der Waals surface area contributed by atoms with Crippen molar-refractivity contribution in [1.29, 1.82) is 5.26 Å². The van der Waals surface area contributed by atoms with Crippen molar-refractivity contribution in [2.24, 2.45) is 0 Å². The number of rotatable bonds is 4. The van der Waals surface area contributed by atoms with E-state index in [2.05, 4.69) is 4.98 Å². The van der Waals surface area contributed by atoms with Crippen molar-refractivity contribution in [1.82, 2.24) is 9.55 Å². The number of aromatic nitrogens is 2. The molecule has 1 saturated heterocycles. The molecule has 0 unspecified atom stereocenters. The molecule has 1 aromatic carbocycles. The minimum absolute atomic E-state index is 0.0583. The molecule has 31 heavy (non-hydrogen) atoms. The van der Waals surface area contributed by atoms with Crippen LogP contribution in [0.25, 0.3) is 22.6 Å². The van der Waals surface area contributed by atoms with Gasteiger partial charge >= 0.3 is 7.12 Å². The van der Waals surface area contributed by atoms with E-state index in [9.17, 15) is 15.2 Å². The highest BCUT2D eigenvalue weighted by Crippen LogP contribution is 2.37. The maximum atomic E-state index is 12.7. The van der Waals surface area contributed by atoms with E-state index < -0.39 is 23.9 Å². The molecule has 0 bridgehead atoms. The summed E-state index contributed by atoms with van der Waals surface area (Å²) in [7, 11) is -0.550. The van der Waals surface area contributed by atoms with Crippen LogP contribution in [0.5, 0.6) is 0 Å². The molecule has 1 N–H and O–H groups in total. The van der Waals surface area contributed by atoms with Crippen molar-refractivity contribution in [3.05, 3.63) is 45.9 Å². The number of hydrogen-bond donors (Lipinski definition) is 1. The molecule has 0 amide bonds. The number of benzene rings is 1. The first-order valence-corrected chi connectivity index (χ1v) is 10.1. The molecule has 0 atom stereocenters. The summed E-state index contributed by atoms with van der Waals surface area (Å²) in [6.07, 6.45) is 1.38. The maximum Gasteiger partial charge on any atom is 0.495 e. The monoisotopic (exact) mass is 421 g/mol. The molecule has 0 spiro atoms. The third-order valence-electron chi connectivity index (χ3n) is 6.19. The van der Waals surface area contributed by atoms with Crippen LogP contribution in [0.3, 0.4) is 0 Å². The molecule has 2 aromatic heterocycles. The Morgan fingerprint density at radius 1 is 1.23 bits per heavy atom. The molecule has 160 valence electrons. The number of hydrogen-bond acceptors (Lipinski definition) is 7. The quantitative estimate of drug-likeness (QED) is 0.643. The number of fused-ring (bicyclic) bond motifs is 1. The van der Waals surface area contributed by atoms with E-state index in [1.54, 1.807) is 0 Å². The summed E-state index contributed by atoms with van der Waals surface area (Å²) < 4.78 is 19.5. The van der Waals surface area contributed by atoms with Crippen molar-refractivity contribution in [2.45, 2.75) is 52.4 Å². The van der Waals surface area contributed by atoms with E-state index in [1.807, 2.05) is 58.9 Å². The van der Waals surface area contributed by atoms with Gasteiger partial charge in [0.15, 0.2) is 11.1 Å². The van der Waals surface area contributed by atoms with Crippen LogP contribution < -0.4 is 11.0 Å². The minimum atomic E-state index is -0.550. The zero-order chi connectivity index (χ0) is 22.6. The Hall–Kier alpha value is -2.93. The van der Waals surface area contributed by atoms with Gasteiger partial charge in [0.25, 0.3) is 5.56 Å². The van der Waals surface area contributed by atoms with Crippen molar-refractivity contribution in [3.63, 3.8) is 0 Å². The molecule has 3 aromatic rings. The van der Waals surface area contributed by atoms with Crippen LogP contribution in [-0.4, -0.2) is 39.6 Å². The summed E-state index contributed by atoms with van der Waals surface area (Å²) >= 11 is 0. The summed E-state index contributed by atoms with van der Waals surface area (Å²) in [5.74, 6) is 0.237. The van der Waals surface area contributed by atoms with Gasteiger partial charge in [0.1, 0.15) is 11.6 Å². The standard InChI is InChI=1S/C22H24BN3O5/c1-13-15(7-6-8-16(13)23-30-21(2,3)22(4,5)31-23)19-25-17-18(29-19)14(11-24)12-26(9-10-27)20(17)28/h6-8,12,27H,9-10H2,1-5H3. The van der Waals surface area contributed by atoms with Gasteiger partial charge < -0.3 is 23.4 Å². The average Bonchev–Trinajstić information content (AvgIpc) is 3.23. The van der Waals surface area contributed by atoms with Crippen LogP contribution in [-0.2, 0) is 15.9 Å². The Labute approximate surface area is 180 Å². The van der Waals surface area contributed by atoms with Crippen LogP contribution >= 0.6 is 0 Å². The van der Waals surface area contributed by atoms with Crippen molar-refractivity contribution < 1.29 is 18.8 Å². The van der Waals surface area contributed by atoms with E-state index in [1.165, 1.54) is 10.8 Å². The van der Waals surface area contributed by atoms with Crippen molar-refractivity contribution >= 4 is 23.7 Å². The van der Waals surface area contributed by atoms with Gasteiger partial charge in [-0.3, -0.25) is 4.79 Å². The fourth-order valence-corrected chi connectivity index (χ4v) is 3.64. The lowest BCUT2D eigenvalue weighted by Gasteiger charge is -2.32. The van der Waals surface area contributed by atoms with Crippen molar-refractivity contribution in [3.8, 4) is 17.5 Å². The zero-order valence-electron chi connectivity index (χ0n) is 18.2. The maximum absolute atomic E-state index is 12.7. The highest BCUT2D eigenvalue weighted by Gasteiger charge is 2.52. The largest absolute Gasteiger partial charge is 0.495 e. The molecule has 4 rings (SSSR count). The van der Waals surface area contributed by atoms with Crippen LogP contribution in [0.15, 0.2) is 33.6 Å². The van der Waals surface area contributed by atoms with E-state index >= 15 is 0 Å². The summed E-state index contributed by atoms with van der Waals surface area (Å²) in [6.45, 7) is 9.74. The van der Waals surface area contributed by atoms with Crippen molar-refractivity contribution in [2.75, 3.05) is 6.61 Å². The molecule has 3 heterocycles. The van der Waals surface area contributed by atoms with Crippen LogP contribution in [0, 0.1) is 18.3 Å². The Balaban J connectivity index is 1.83. The number of aliphatic hydroxyl groups excluding tert-OH is 1. The highest BCUT2D eigenvalue weighted by atomic mass is 16.7. The van der Waals surface area contributed by atoms with E-state index in [4.69, 9.17) is 13.7 Å². The summed E-state index contributed by atoms with van der Waals surface area (Å²) in [4.78, 5) is 17.1. The molecule has 0 aliphatic carbocycles. The molecular formula is C22H24BN3O5. The number of pyridine rings is 1. The van der Waals surface area contributed by atoms with Crippen LogP contribution in [0.1, 0.15) is 38.8 Å². The average molecular weight is 421 g/mol. The number of aliphatic hydroxyl groups is 1.